The monoisotopic (exact) mass is 402 g/mol. The molecule has 3 aromatic heterocycles. The van der Waals surface area contributed by atoms with Gasteiger partial charge in [0.1, 0.15) is 17.6 Å². The fourth-order valence-corrected chi connectivity index (χ4v) is 3.65. The van der Waals surface area contributed by atoms with Crippen molar-refractivity contribution >= 4 is 17.9 Å². The molecule has 11 heteroatoms. The van der Waals surface area contributed by atoms with Crippen LogP contribution in [0.4, 0.5) is 5.95 Å². The van der Waals surface area contributed by atoms with Crippen molar-refractivity contribution in [2.24, 2.45) is 0 Å². The number of H-pyrrole nitrogens is 2. The van der Waals surface area contributed by atoms with Crippen LogP contribution in [0, 0.1) is 6.92 Å². The minimum atomic E-state index is -0.851. The van der Waals surface area contributed by atoms with E-state index in [1.54, 1.807) is 23.2 Å². The van der Waals surface area contributed by atoms with Crippen molar-refractivity contribution in [3.63, 3.8) is 0 Å². The van der Waals surface area contributed by atoms with Crippen molar-refractivity contribution in [1.29, 1.82) is 0 Å². The second kappa shape index (κ2) is 7.76. The topological polar surface area (TPSA) is 137 Å². The maximum Gasteiger partial charge on any atom is 0.288 e. The van der Waals surface area contributed by atoms with Crippen LogP contribution >= 0.6 is 11.9 Å². The van der Waals surface area contributed by atoms with Gasteiger partial charge < -0.3 is 10.2 Å². The molecular formula is C17H22N8O2S. The van der Waals surface area contributed by atoms with Crippen molar-refractivity contribution in [1.82, 2.24) is 34.9 Å². The highest BCUT2D eigenvalue weighted by Crippen LogP contribution is 2.37. The van der Waals surface area contributed by atoms with E-state index < -0.39 is 6.10 Å². The number of nitrogens with zero attached hydrogens (tertiary/aromatic N) is 5. The number of aromatic amines is 2. The predicted octanol–water partition coefficient (Wildman–Crippen LogP) is 1.83. The van der Waals surface area contributed by atoms with Crippen molar-refractivity contribution in [2.75, 3.05) is 4.72 Å². The highest BCUT2D eigenvalue weighted by molar-refractivity contribution is 8.01. The zero-order chi connectivity index (χ0) is 19.7. The van der Waals surface area contributed by atoms with Crippen LogP contribution in [0.3, 0.4) is 0 Å². The average Bonchev–Trinajstić information content (AvgIpc) is 3.24. The first-order chi connectivity index (χ1) is 13.5. The molecule has 10 nitrogen and oxygen atoms in total. The Morgan fingerprint density at radius 1 is 1.32 bits per heavy atom. The summed E-state index contributed by atoms with van der Waals surface area (Å²) in [6, 6.07) is 0. The van der Waals surface area contributed by atoms with Crippen LogP contribution in [0.1, 0.15) is 55.4 Å². The van der Waals surface area contributed by atoms with Gasteiger partial charge in [0.2, 0.25) is 5.95 Å². The largest absolute Gasteiger partial charge is 0.384 e. The van der Waals surface area contributed by atoms with Gasteiger partial charge in [-0.1, -0.05) is 6.42 Å². The zero-order valence-electron chi connectivity index (χ0n) is 15.6. The molecule has 0 amide bonds. The number of rotatable bonds is 7. The summed E-state index contributed by atoms with van der Waals surface area (Å²) in [5, 5.41) is 24.1. The highest BCUT2D eigenvalue weighted by Gasteiger charge is 2.29. The van der Waals surface area contributed by atoms with Crippen LogP contribution in [-0.4, -0.2) is 45.3 Å². The number of hydrogen-bond acceptors (Lipinski definition) is 8. The molecule has 3 aromatic rings. The molecule has 2 atom stereocenters. The second-order valence-electron chi connectivity index (χ2n) is 6.96. The molecule has 148 valence electrons. The van der Waals surface area contributed by atoms with Crippen molar-refractivity contribution in [3.8, 4) is 5.69 Å². The third-order valence-corrected chi connectivity index (χ3v) is 5.80. The number of aryl methyl sites for hydroxylation is 1. The molecule has 1 aliphatic carbocycles. The summed E-state index contributed by atoms with van der Waals surface area (Å²) in [5.41, 5.74) is 1.13. The molecule has 0 saturated heterocycles. The second-order valence-corrected chi connectivity index (χ2v) is 8.14. The van der Waals surface area contributed by atoms with Gasteiger partial charge in [0.15, 0.2) is 5.82 Å². The first kappa shape index (κ1) is 18.7. The van der Waals surface area contributed by atoms with Crippen molar-refractivity contribution < 1.29 is 5.11 Å². The number of aromatic nitrogens is 7. The van der Waals surface area contributed by atoms with Gasteiger partial charge in [-0.3, -0.25) is 19.2 Å². The molecule has 4 N–H and O–H groups in total. The first-order valence-electron chi connectivity index (χ1n) is 9.14. The van der Waals surface area contributed by atoms with Gasteiger partial charge in [0, 0.05) is 24.5 Å². The van der Waals surface area contributed by atoms with Gasteiger partial charge in [-0.25, -0.2) is 9.97 Å². The van der Waals surface area contributed by atoms with E-state index in [1.165, 1.54) is 11.9 Å². The molecule has 2 unspecified atom stereocenters. The highest BCUT2D eigenvalue weighted by atomic mass is 32.2. The quantitative estimate of drug-likeness (QED) is 0.439. The van der Waals surface area contributed by atoms with E-state index in [4.69, 9.17) is 0 Å². The molecule has 0 aromatic carbocycles. The van der Waals surface area contributed by atoms with Crippen molar-refractivity contribution in [3.05, 3.63) is 46.2 Å². The zero-order valence-corrected chi connectivity index (χ0v) is 16.4. The van der Waals surface area contributed by atoms with E-state index >= 15 is 0 Å². The molecule has 0 bridgehead atoms. The normalized spacial score (nSPS) is 16.5. The van der Waals surface area contributed by atoms with E-state index in [0.717, 1.165) is 30.7 Å². The smallest absolute Gasteiger partial charge is 0.288 e. The molecule has 4 rings (SSSR count). The lowest BCUT2D eigenvalue weighted by atomic mass is 9.85. The fourth-order valence-electron chi connectivity index (χ4n) is 2.97. The molecule has 1 aliphatic rings. The van der Waals surface area contributed by atoms with Crippen LogP contribution in [0.15, 0.2) is 23.4 Å². The first-order valence-corrected chi connectivity index (χ1v) is 10.0. The van der Waals surface area contributed by atoms with Crippen LogP contribution in [0.25, 0.3) is 5.69 Å². The summed E-state index contributed by atoms with van der Waals surface area (Å²) in [7, 11) is 0. The Morgan fingerprint density at radius 3 is 2.68 bits per heavy atom. The Kier molecular flexibility index (Phi) is 5.18. The van der Waals surface area contributed by atoms with Crippen LogP contribution < -0.4 is 10.3 Å². The maximum atomic E-state index is 12.2. The number of aliphatic hydroxyl groups is 1. The summed E-state index contributed by atoms with van der Waals surface area (Å²) in [6.07, 6.45) is 7.32. The lowest BCUT2D eigenvalue weighted by Gasteiger charge is -2.24. The standard InChI is InChI=1S/C17H22N8O2S/c1-9-6-18-14(19-7-9)13(26)10(2)28-24-17-23-21-15(11-4-3-5-11)25(17)12-8-20-22-16(12)27/h6-8,10-11,13,26H,3-5H2,1-2H3,(H,23,24)(H2,20,22,27). The van der Waals surface area contributed by atoms with E-state index in [-0.39, 0.29) is 10.8 Å². The van der Waals surface area contributed by atoms with Crippen LogP contribution in [0.2, 0.25) is 0 Å². The van der Waals surface area contributed by atoms with E-state index in [9.17, 15) is 9.90 Å². The summed E-state index contributed by atoms with van der Waals surface area (Å²) < 4.78 is 4.88. The number of aliphatic hydroxyl groups excluding tert-OH is 1. The van der Waals surface area contributed by atoms with Gasteiger partial charge in [-0.2, -0.15) is 0 Å². The lowest BCUT2D eigenvalue weighted by Crippen LogP contribution is -2.20. The number of anilines is 1. The Hall–Kier alpha value is -2.66. The van der Waals surface area contributed by atoms with Gasteiger partial charge in [0.25, 0.3) is 5.56 Å². The Morgan fingerprint density at radius 2 is 2.07 bits per heavy atom. The lowest BCUT2D eigenvalue weighted by molar-refractivity contribution is 0.169. The predicted molar refractivity (Wildman–Crippen MR) is 105 cm³/mol. The molecule has 1 fully saturated rings. The van der Waals surface area contributed by atoms with E-state index in [1.807, 2.05) is 13.8 Å². The average molecular weight is 402 g/mol. The summed E-state index contributed by atoms with van der Waals surface area (Å²) in [5.74, 6) is 1.88. The third-order valence-electron chi connectivity index (χ3n) is 4.87. The number of hydrogen-bond donors (Lipinski definition) is 4. The molecule has 1 saturated carbocycles. The summed E-state index contributed by atoms with van der Waals surface area (Å²) in [6.45, 7) is 3.76. The maximum absolute atomic E-state index is 12.2. The van der Waals surface area contributed by atoms with E-state index in [2.05, 4.69) is 35.1 Å². The Bertz CT molecular complexity index is 991. The van der Waals surface area contributed by atoms with Crippen LogP contribution in [0.5, 0.6) is 0 Å². The third kappa shape index (κ3) is 3.54. The fraction of sp³-hybridized carbons (Fsp3) is 0.471. The minimum Gasteiger partial charge on any atom is -0.384 e. The van der Waals surface area contributed by atoms with Gasteiger partial charge >= 0.3 is 0 Å². The Balaban J connectivity index is 1.53. The van der Waals surface area contributed by atoms with Crippen LogP contribution in [-0.2, 0) is 0 Å². The summed E-state index contributed by atoms with van der Waals surface area (Å²) in [4.78, 5) is 20.5. The van der Waals surface area contributed by atoms with Gasteiger partial charge in [-0.05, 0) is 44.2 Å². The summed E-state index contributed by atoms with van der Waals surface area (Å²) >= 11 is 1.28. The SMILES string of the molecule is Cc1cnc(C(O)C(C)SNc2nnc(C3CCC3)n2-c2c[nH][nH]c2=O)nc1. The molecular weight excluding hydrogens is 380 g/mol. The van der Waals surface area contributed by atoms with E-state index in [0.29, 0.717) is 23.4 Å². The molecule has 0 aliphatic heterocycles. The molecule has 0 radical (unpaired) electrons. The number of nitrogens with one attached hydrogen (secondary N) is 3. The minimum absolute atomic E-state index is 0.241. The molecule has 28 heavy (non-hydrogen) atoms. The van der Waals surface area contributed by atoms with Gasteiger partial charge in [-0.15, -0.1) is 10.2 Å². The molecule has 0 spiro atoms. The van der Waals surface area contributed by atoms with Gasteiger partial charge in [0.05, 0.1) is 5.25 Å². The molecule has 3 heterocycles. The Labute approximate surface area is 165 Å². The van der Waals surface area contributed by atoms with Crippen molar-refractivity contribution in [2.45, 2.75) is 50.4 Å².